The highest BCUT2D eigenvalue weighted by atomic mass is 19.1. The summed E-state index contributed by atoms with van der Waals surface area (Å²) >= 11 is 0. The summed E-state index contributed by atoms with van der Waals surface area (Å²) in [5.74, 6) is -2.07. The minimum absolute atomic E-state index is 0.0231. The van der Waals surface area contributed by atoms with Crippen molar-refractivity contribution in [3.63, 3.8) is 0 Å². The molecule has 0 aromatic heterocycles. The summed E-state index contributed by atoms with van der Waals surface area (Å²) in [6, 6.07) is 15.0. The van der Waals surface area contributed by atoms with Crippen LogP contribution in [0.1, 0.15) is 24.8 Å². The molecule has 3 aliphatic heterocycles. The van der Waals surface area contributed by atoms with Gasteiger partial charge in [0.2, 0.25) is 0 Å². The number of carbonyl (C=O) groups is 1. The normalized spacial score (nSPS) is 21.9. The second-order valence-corrected chi connectivity index (χ2v) is 10.4. The topological polar surface area (TPSA) is 38.8 Å². The van der Waals surface area contributed by atoms with E-state index in [0.29, 0.717) is 18.5 Å². The van der Waals surface area contributed by atoms with Crippen molar-refractivity contribution in [1.29, 1.82) is 0 Å². The monoisotopic (exact) mass is 543 g/mol. The smallest absolute Gasteiger partial charge is 0.415 e. The number of hydrogen-bond acceptors (Lipinski definition) is 3. The first-order chi connectivity index (χ1) is 18.8. The van der Waals surface area contributed by atoms with Gasteiger partial charge in [-0.25, -0.2) is 22.4 Å². The molecule has 206 valence electrons. The van der Waals surface area contributed by atoms with Crippen molar-refractivity contribution in [1.82, 2.24) is 0 Å². The second-order valence-electron chi connectivity index (χ2n) is 10.4. The molecule has 2 bridgehead atoms. The Labute approximate surface area is 225 Å². The minimum Gasteiger partial charge on any atom is -0.490 e. The first-order valence-corrected chi connectivity index (χ1v) is 13.2. The molecular formula is C30H31F4N2O3+. The number of fused-ring (bicyclic) bond motifs is 3. The van der Waals surface area contributed by atoms with Crippen LogP contribution in [-0.2, 0) is 11.3 Å². The van der Waals surface area contributed by atoms with Crippen LogP contribution in [-0.4, -0.2) is 49.5 Å². The van der Waals surface area contributed by atoms with Gasteiger partial charge >= 0.3 is 6.09 Å². The lowest BCUT2D eigenvalue weighted by molar-refractivity contribution is -0.946. The average molecular weight is 544 g/mol. The molecule has 3 aromatic rings. The van der Waals surface area contributed by atoms with E-state index in [1.165, 1.54) is 35.2 Å². The molecule has 3 aliphatic rings. The summed E-state index contributed by atoms with van der Waals surface area (Å²) in [5, 5.41) is 0. The Kier molecular flexibility index (Phi) is 8.07. The van der Waals surface area contributed by atoms with E-state index in [2.05, 4.69) is 0 Å². The van der Waals surface area contributed by atoms with Crippen LogP contribution >= 0.6 is 0 Å². The molecule has 3 aromatic carbocycles. The summed E-state index contributed by atoms with van der Waals surface area (Å²) < 4.78 is 67.5. The van der Waals surface area contributed by atoms with Crippen LogP contribution in [0.2, 0.25) is 0 Å². The Morgan fingerprint density at radius 1 is 0.897 bits per heavy atom. The van der Waals surface area contributed by atoms with Gasteiger partial charge in [-0.2, -0.15) is 0 Å². The fourth-order valence-electron chi connectivity index (χ4n) is 5.73. The number of rotatable bonds is 9. The SMILES string of the molecule is O=C(O[C@H]1C[N+]2(CCCOc3ccc(F)cc3F)CCC1CC2)N(Cc1ccc(F)cc1)c1ccccc1F. The molecule has 0 aliphatic carbocycles. The molecule has 9 heteroatoms. The van der Waals surface area contributed by atoms with Gasteiger partial charge in [0.1, 0.15) is 24.0 Å². The molecule has 0 N–H and O–H groups in total. The molecule has 3 saturated heterocycles. The lowest BCUT2D eigenvalue weighted by Crippen LogP contribution is -2.65. The third-order valence-corrected chi connectivity index (χ3v) is 7.84. The number of hydrogen-bond donors (Lipinski definition) is 0. The van der Waals surface area contributed by atoms with E-state index in [9.17, 15) is 22.4 Å². The van der Waals surface area contributed by atoms with Gasteiger partial charge < -0.3 is 14.0 Å². The van der Waals surface area contributed by atoms with Crippen molar-refractivity contribution in [3.05, 3.63) is 95.6 Å². The zero-order valence-corrected chi connectivity index (χ0v) is 21.5. The summed E-state index contributed by atoms with van der Waals surface area (Å²) in [7, 11) is 0. The molecule has 6 rings (SSSR count). The molecule has 0 unspecified atom stereocenters. The fraction of sp³-hybridized carbons (Fsp3) is 0.367. The number of carbonyl (C=O) groups excluding carboxylic acids is 1. The van der Waals surface area contributed by atoms with Crippen molar-refractivity contribution in [2.24, 2.45) is 5.92 Å². The van der Waals surface area contributed by atoms with E-state index < -0.39 is 29.4 Å². The van der Waals surface area contributed by atoms with Gasteiger partial charge in [-0.1, -0.05) is 24.3 Å². The van der Waals surface area contributed by atoms with Gasteiger partial charge in [0.05, 0.1) is 38.5 Å². The van der Waals surface area contributed by atoms with E-state index in [-0.39, 0.29) is 36.6 Å². The van der Waals surface area contributed by atoms with E-state index in [1.807, 2.05) is 0 Å². The van der Waals surface area contributed by atoms with Gasteiger partial charge in [0.25, 0.3) is 0 Å². The maximum Gasteiger partial charge on any atom is 0.415 e. The summed E-state index contributed by atoms with van der Waals surface area (Å²) in [6.07, 6.45) is 1.51. The van der Waals surface area contributed by atoms with Gasteiger partial charge in [0, 0.05) is 31.2 Å². The van der Waals surface area contributed by atoms with Gasteiger partial charge in [0.15, 0.2) is 17.7 Å². The van der Waals surface area contributed by atoms with Gasteiger partial charge in [-0.05, 0) is 42.0 Å². The molecule has 5 nitrogen and oxygen atoms in total. The highest BCUT2D eigenvalue weighted by molar-refractivity contribution is 5.87. The zero-order chi connectivity index (χ0) is 27.4. The summed E-state index contributed by atoms with van der Waals surface area (Å²) in [6.45, 7) is 3.65. The van der Waals surface area contributed by atoms with Crippen molar-refractivity contribution >= 4 is 11.8 Å². The third kappa shape index (κ3) is 6.36. The van der Waals surface area contributed by atoms with Gasteiger partial charge in [-0.3, -0.25) is 4.90 Å². The Hall–Kier alpha value is -3.59. The number of amides is 1. The van der Waals surface area contributed by atoms with Crippen LogP contribution in [0, 0.1) is 29.2 Å². The third-order valence-electron chi connectivity index (χ3n) is 7.84. The van der Waals surface area contributed by atoms with Crippen molar-refractivity contribution in [2.75, 3.05) is 37.7 Å². The van der Waals surface area contributed by atoms with E-state index in [4.69, 9.17) is 9.47 Å². The maximum atomic E-state index is 14.7. The number of benzene rings is 3. The van der Waals surface area contributed by atoms with Crippen molar-refractivity contribution in [2.45, 2.75) is 31.9 Å². The van der Waals surface area contributed by atoms with Crippen LogP contribution in [0.4, 0.5) is 28.0 Å². The Morgan fingerprint density at radius 2 is 1.62 bits per heavy atom. The molecule has 39 heavy (non-hydrogen) atoms. The second kappa shape index (κ2) is 11.7. The standard InChI is InChI=1S/C30H31F4N2O3/c31-23-8-6-21(7-9-23)19-35(27-5-2-1-4-25(27)33)30(37)39-29-20-36(15-12-22(29)13-16-36)14-3-17-38-28-11-10-24(32)18-26(28)34/h1-2,4-11,18,22,29H,3,12-17,19-20H2/q+1/t22?,29-,36?/m0/s1. The molecule has 1 amide bonds. The molecule has 0 saturated carbocycles. The van der Waals surface area contributed by atoms with Crippen LogP contribution < -0.4 is 9.64 Å². The first kappa shape index (κ1) is 27.0. The number of para-hydroxylation sites is 1. The Bertz CT molecular complexity index is 1300. The number of nitrogens with zero attached hydrogens (tertiary/aromatic N) is 2. The Morgan fingerprint density at radius 3 is 2.33 bits per heavy atom. The van der Waals surface area contributed by atoms with Crippen molar-refractivity contribution < 1.29 is 36.3 Å². The molecular weight excluding hydrogens is 512 g/mol. The highest BCUT2D eigenvalue weighted by Gasteiger charge is 2.47. The lowest BCUT2D eigenvalue weighted by Gasteiger charge is -2.52. The van der Waals surface area contributed by atoms with E-state index >= 15 is 0 Å². The highest BCUT2D eigenvalue weighted by Crippen LogP contribution is 2.36. The maximum absolute atomic E-state index is 14.7. The minimum atomic E-state index is -0.729. The zero-order valence-electron chi connectivity index (χ0n) is 21.5. The number of anilines is 1. The predicted molar refractivity (Wildman–Crippen MR) is 138 cm³/mol. The first-order valence-electron chi connectivity index (χ1n) is 13.2. The fourth-order valence-corrected chi connectivity index (χ4v) is 5.73. The van der Waals surface area contributed by atoms with Crippen LogP contribution in [0.3, 0.4) is 0 Å². The van der Waals surface area contributed by atoms with Crippen LogP contribution in [0.15, 0.2) is 66.7 Å². The molecule has 1 atom stereocenters. The average Bonchev–Trinajstić information content (AvgIpc) is 2.93. The largest absolute Gasteiger partial charge is 0.490 e. The molecule has 0 spiro atoms. The van der Waals surface area contributed by atoms with Gasteiger partial charge in [-0.15, -0.1) is 0 Å². The van der Waals surface area contributed by atoms with Crippen LogP contribution in [0.25, 0.3) is 0 Å². The number of halogens is 4. The predicted octanol–water partition coefficient (Wildman–Crippen LogP) is 6.46. The molecule has 0 radical (unpaired) electrons. The van der Waals surface area contributed by atoms with Crippen LogP contribution in [0.5, 0.6) is 5.75 Å². The lowest BCUT2D eigenvalue weighted by atomic mass is 9.83. The summed E-state index contributed by atoms with van der Waals surface area (Å²) in [5.41, 5.74) is 0.744. The molecule has 3 heterocycles. The quantitative estimate of drug-likeness (QED) is 0.177. The van der Waals surface area contributed by atoms with E-state index in [1.54, 1.807) is 24.3 Å². The summed E-state index contributed by atoms with van der Waals surface area (Å²) in [4.78, 5) is 14.7. The number of ether oxygens (including phenoxy) is 2. The number of piperidine rings is 3. The Balaban J connectivity index is 1.23. The van der Waals surface area contributed by atoms with Crippen molar-refractivity contribution in [3.8, 4) is 5.75 Å². The number of quaternary nitrogens is 1. The van der Waals surface area contributed by atoms with E-state index in [0.717, 1.165) is 49.1 Å². The molecule has 3 fully saturated rings.